The Hall–Kier alpha value is -0.900. The predicted molar refractivity (Wildman–Crippen MR) is 88.4 cm³/mol. The van der Waals surface area contributed by atoms with E-state index in [9.17, 15) is 0 Å². The molecule has 0 aliphatic carbocycles. The molecule has 1 aromatic heterocycles. The van der Waals surface area contributed by atoms with E-state index in [-0.39, 0.29) is 0 Å². The highest BCUT2D eigenvalue weighted by Crippen LogP contribution is 2.28. The Morgan fingerprint density at radius 2 is 2.10 bits per heavy atom. The number of nitrogens with one attached hydrogen (secondary N) is 1. The normalized spacial score (nSPS) is 24.3. The Morgan fingerprint density at radius 1 is 1.25 bits per heavy atom. The number of hydrogen-bond donors (Lipinski definition) is 1. The third-order valence-corrected chi connectivity index (χ3v) is 5.52. The lowest BCUT2D eigenvalue weighted by atomic mass is 10.0. The molecule has 1 aromatic carbocycles. The van der Waals surface area contributed by atoms with Crippen molar-refractivity contribution in [3.05, 3.63) is 35.2 Å². The van der Waals surface area contributed by atoms with E-state index in [1.807, 2.05) is 11.3 Å². The van der Waals surface area contributed by atoms with Crippen molar-refractivity contribution in [2.45, 2.75) is 45.3 Å². The van der Waals surface area contributed by atoms with Crippen LogP contribution in [0.4, 0.5) is 0 Å². The van der Waals surface area contributed by atoms with Crippen molar-refractivity contribution < 1.29 is 0 Å². The highest BCUT2D eigenvalue weighted by molar-refractivity contribution is 7.17. The summed E-state index contributed by atoms with van der Waals surface area (Å²) in [6.45, 7) is 8.00. The van der Waals surface area contributed by atoms with Crippen LogP contribution in [0.2, 0.25) is 0 Å². The highest BCUT2D eigenvalue weighted by atomic mass is 32.1. The van der Waals surface area contributed by atoms with Crippen LogP contribution in [-0.2, 0) is 6.54 Å². The first-order chi connectivity index (χ1) is 9.81. The molecule has 0 bridgehead atoms. The molecular weight excluding hydrogens is 264 g/mol. The van der Waals surface area contributed by atoms with E-state index >= 15 is 0 Å². The van der Waals surface area contributed by atoms with Gasteiger partial charge in [0.1, 0.15) is 0 Å². The first-order valence-electron chi connectivity index (χ1n) is 7.74. The van der Waals surface area contributed by atoms with Gasteiger partial charge in [0, 0.05) is 36.4 Å². The van der Waals surface area contributed by atoms with Crippen molar-refractivity contribution in [1.29, 1.82) is 0 Å². The number of thiophene rings is 1. The van der Waals surface area contributed by atoms with Crippen molar-refractivity contribution in [2.75, 3.05) is 13.1 Å². The maximum atomic E-state index is 3.68. The molecule has 2 atom stereocenters. The molecule has 2 aromatic rings. The van der Waals surface area contributed by atoms with Crippen LogP contribution >= 0.6 is 11.3 Å². The van der Waals surface area contributed by atoms with Crippen molar-refractivity contribution in [3.8, 4) is 0 Å². The van der Waals surface area contributed by atoms with E-state index in [0.29, 0.717) is 12.1 Å². The third-order valence-electron chi connectivity index (χ3n) is 4.51. The number of nitrogens with zero attached hydrogens (tertiary/aromatic N) is 1. The van der Waals surface area contributed by atoms with Gasteiger partial charge in [0.2, 0.25) is 0 Å². The standard InChI is InChI=1S/C17H24N2S/c1-3-14-11-19(15(4-2)9-18-14)10-13-12-20-17-8-6-5-7-16(13)17/h5-8,12,14-15,18H,3-4,9-11H2,1-2H3. The molecule has 2 nitrogen and oxygen atoms in total. The summed E-state index contributed by atoms with van der Waals surface area (Å²) in [5, 5.41) is 7.47. The van der Waals surface area contributed by atoms with Crippen LogP contribution in [0.3, 0.4) is 0 Å². The molecule has 0 spiro atoms. The first-order valence-corrected chi connectivity index (χ1v) is 8.62. The molecule has 1 N–H and O–H groups in total. The minimum absolute atomic E-state index is 0.655. The van der Waals surface area contributed by atoms with Gasteiger partial charge < -0.3 is 5.32 Å². The maximum absolute atomic E-state index is 3.68. The predicted octanol–water partition coefficient (Wildman–Crippen LogP) is 3.86. The smallest absolute Gasteiger partial charge is 0.0346 e. The fourth-order valence-electron chi connectivity index (χ4n) is 3.17. The quantitative estimate of drug-likeness (QED) is 0.919. The Kier molecular flexibility index (Phi) is 4.39. The summed E-state index contributed by atoms with van der Waals surface area (Å²) < 4.78 is 1.41. The van der Waals surface area contributed by atoms with E-state index in [1.165, 1.54) is 35.0 Å². The Balaban J connectivity index is 1.80. The van der Waals surface area contributed by atoms with Crippen LogP contribution in [0.25, 0.3) is 10.1 Å². The molecule has 3 rings (SSSR count). The fourth-order valence-corrected chi connectivity index (χ4v) is 4.13. The Bertz CT molecular complexity index is 563. The number of benzene rings is 1. The van der Waals surface area contributed by atoms with Crippen molar-refractivity contribution in [1.82, 2.24) is 10.2 Å². The lowest BCUT2D eigenvalue weighted by molar-refractivity contribution is 0.118. The average molecular weight is 288 g/mol. The van der Waals surface area contributed by atoms with Gasteiger partial charge in [0.05, 0.1) is 0 Å². The molecular formula is C17H24N2S. The summed E-state index contributed by atoms with van der Waals surface area (Å²) in [5.74, 6) is 0. The summed E-state index contributed by atoms with van der Waals surface area (Å²) in [5.41, 5.74) is 1.50. The van der Waals surface area contributed by atoms with Crippen LogP contribution in [0.1, 0.15) is 32.3 Å². The van der Waals surface area contributed by atoms with Crippen molar-refractivity contribution in [2.24, 2.45) is 0 Å². The SMILES string of the molecule is CCC1CN(Cc2csc3ccccc23)C(CC)CN1. The van der Waals surface area contributed by atoms with Crippen LogP contribution in [-0.4, -0.2) is 30.1 Å². The number of fused-ring (bicyclic) bond motifs is 1. The van der Waals surface area contributed by atoms with Gasteiger partial charge in [-0.25, -0.2) is 0 Å². The Labute approximate surface area is 125 Å². The van der Waals surface area contributed by atoms with Crippen LogP contribution < -0.4 is 5.32 Å². The van der Waals surface area contributed by atoms with Gasteiger partial charge in [-0.05, 0) is 35.2 Å². The summed E-state index contributed by atoms with van der Waals surface area (Å²) in [7, 11) is 0. The zero-order valence-corrected chi connectivity index (χ0v) is 13.2. The van der Waals surface area contributed by atoms with Crippen LogP contribution in [0.5, 0.6) is 0 Å². The van der Waals surface area contributed by atoms with E-state index in [2.05, 4.69) is 53.7 Å². The molecule has 20 heavy (non-hydrogen) atoms. The molecule has 0 radical (unpaired) electrons. The monoisotopic (exact) mass is 288 g/mol. The minimum atomic E-state index is 0.655. The number of hydrogen-bond acceptors (Lipinski definition) is 3. The average Bonchev–Trinajstić information content (AvgIpc) is 2.90. The van der Waals surface area contributed by atoms with Crippen LogP contribution in [0.15, 0.2) is 29.6 Å². The zero-order valence-electron chi connectivity index (χ0n) is 12.4. The molecule has 1 fully saturated rings. The van der Waals surface area contributed by atoms with Gasteiger partial charge in [-0.3, -0.25) is 4.90 Å². The molecule has 2 heterocycles. The van der Waals surface area contributed by atoms with E-state index in [4.69, 9.17) is 0 Å². The zero-order chi connectivity index (χ0) is 13.9. The molecule has 3 heteroatoms. The Morgan fingerprint density at radius 3 is 2.90 bits per heavy atom. The van der Waals surface area contributed by atoms with Gasteiger partial charge in [-0.2, -0.15) is 0 Å². The lowest BCUT2D eigenvalue weighted by Gasteiger charge is -2.40. The van der Waals surface area contributed by atoms with Gasteiger partial charge in [-0.1, -0.05) is 32.0 Å². The molecule has 108 valence electrons. The second-order valence-corrected chi connectivity index (χ2v) is 6.67. The molecule has 1 aliphatic heterocycles. The van der Waals surface area contributed by atoms with Crippen molar-refractivity contribution >= 4 is 21.4 Å². The molecule has 1 aliphatic rings. The summed E-state index contributed by atoms with van der Waals surface area (Å²) in [6.07, 6.45) is 2.45. The van der Waals surface area contributed by atoms with E-state index in [1.54, 1.807) is 0 Å². The molecule has 2 unspecified atom stereocenters. The summed E-state index contributed by atoms with van der Waals surface area (Å²) >= 11 is 1.88. The highest BCUT2D eigenvalue weighted by Gasteiger charge is 2.26. The maximum Gasteiger partial charge on any atom is 0.0346 e. The van der Waals surface area contributed by atoms with Gasteiger partial charge in [0.15, 0.2) is 0 Å². The topological polar surface area (TPSA) is 15.3 Å². The summed E-state index contributed by atoms with van der Waals surface area (Å²) in [6, 6.07) is 10.1. The molecule has 1 saturated heterocycles. The second-order valence-electron chi connectivity index (χ2n) is 5.76. The van der Waals surface area contributed by atoms with Gasteiger partial charge in [0.25, 0.3) is 0 Å². The number of piperazine rings is 1. The third kappa shape index (κ3) is 2.76. The summed E-state index contributed by atoms with van der Waals surface area (Å²) in [4.78, 5) is 2.68. The molecule has 0 saturated carbocycles. The minimum Gasteiger partial charge on any atom is -0.311 e. The second kappa shape index (κ2) is 6.25. The van der Waals surface area contributed by atoms with Crippen molar-refractivity contribution in [3.63, 3.8) is 0 Å². The largest absolute Gasteiger partial charge is 0.311 e. The van der Waals surface area contributed by atoms with E-state index in [0.717, 1.165) is 13.1 Å². The van der Waals surface area contributed by atoms with Gasteiger partial charge >= 0.3 is 0 Å². The van der Waals surface area contributed by atoms with Gasteiger partial charge in [-0.15, -0.1) is 11.3 Å². The fraction of sp³-hybridized carbons (Fsp3) is 0.529. The lowest BCUT2D eigenvalue weighted by Crippen LogP contribution is -2.55. The van der Waals surface area contributed by atoms with Crippen LogP contribution in [0, 0.1) is 0 Å². The van der Waals surface area contributed by atoms with E-state index < -0.39 is 0 Å². The number of rotatable bonds is 4. The first kappa shape index (κ1) is 14.1. The molecule has 0 amide bonds.